The van der Waals surface area contributed by atoms with E-state index in [0.717, 1.165) is 25.6 Å². The molecule has 126 valence electrons. The van der Waals surface area contributed by atoms with E-state index in [1.54, 1.807) is 0 Å². The van der Waals surface area contributed by atoms with Crippen LogP contribution in [0.25, 0.3) is 0 Å². The minimum atomic E-state index is -2.90. The van der Waals surface area contributed by atoms with Crippen LogP contribution in [-0.4, -0.2) is 57.5 Å². The van der Waals surface area contributed by atoms with Gasteiger partial charge in [-0.15, -0.1) is 24.0 Å². The second-order valence-electron chi connectivity index (χ2n) is 6.41. The molecule has 21 heavy (non-hydrogen) atoms. The number of sulfone groups is 1. The molecule has 0 atom stereocenters. The van der Waals surface area contributed by atoms with Crippen molar-refractivity contribution < 1.29 is 8.42 Å². The topological polar surface area (TPSA) is 61.8 Å². The Morgan fingerprint density at radius 2 is 1.86 bits per heavy atom. The van der Waals surface area contributed by atoms with Crippen molar-refractivity contribution >= 4 is 39.8 Å². The number of guanidine groups is 1. The molecule has 0 aromatic heterocycles. The SMILES string of the molecule is CCNC(=NCC(C)(C)CCS(C)(=O)=O)N1CCCC1.I. The number of aliphatic imine (C=N–C) groups is 1. The smallest absolute Gasteiger partial charge is 0.193 e. The molecule has 0 spiro atoms. The van der Waals surface area contributed by atoms with Crippen LogP contribution in [0.4, 0.5) is 0 Å². The fraction of sp³-hybridized carbons (Fsp3) is 0.929. The van der Waals surface area contributed by atoms with Crippen LogP contribution in [-0.2, 0) is 9.84 Å². The molecule has 1 aliphatic heterocycles. The van der Waals surface area contributed by atoms with Gasteiger partial charge in [0.2, 0.25) is 0 Å². The van der Waals surface area contributed by atoms with Crippen molar-refractivity contribution in [2.45, 2.75) is 40.0 Å². The maximum atomic E-state index is 11.3. The van der Waals surface area contributed by atoms with Crippen molar-refractivity contribution in [2.24, 2.45) is 10.4 Å². The van der Waals surface area contributed by atoms with Crippen LogP contribution in [0.15, 0.2) is 4.99 Å². The van der Waals surface area contributed by atoms with E-state index in [2.05, 4.69) is 31.0 Å². The molecule has 0 saturated carbocycles. The van der Waals surface area contributed by atoms with Crippen molar-refractivity contribution in [3.63, 3.8) is 0 Å². The highest BCUT2D eigenvalue weighted by atomic mass is 127. The van der Waals surface area contributed by atoms with E-state index < -0.39 is 9.84 Å². The molecule has 5 nitrogen and oxygen atoms in total. The molecule has 0 unspecified atom stereocenters. The van der Waals surface area contributed by atoms with E-state index >= 15 is 0 Å². The van der Waals surface area contributed by atoms with Gasteiger partial charge in [0.25, 0.3) is 0 Å². The van der Waals surface area contributed by atoms with Crippen molar-refractivity contribution in [1.82, 2.24) is 10.2 Å². The van der Waals surface area contributed by atoms with E-state index in [4.69, 9.17) is 4.99 Å². The van der Waals surface area contributed by atoms with Gasteiger partial charge in [0, 0.05) is 32.4 Å². The van der Waals surface area contributed by atoms with Gasteiger partial charge in [-0.05, 0) is 31.6 Å². The third-order valence-corrected chi connectivity index (χ3v) is 4.49. The Bertz CT molecular complexity index is 430. The summed E-state index contributed by atoms with van der Waals surface area (Å²) in [4.78, 5) is 6.99. The third kappa shape index (κ3) is 8.85. The Balaban J connectivity index is 0.00000400. The highest BCUT2D eigenvalue weighted by molar-refractivity contribution is 14.0. The molecule has 1 aliphatic rings. The van der Waals surface area contributed by atoms with Crippen molar-refractivity contribution in [3.05, 3.63) is 0 Å². The van der Waals surface area contributed by atoms with Crippen LogP contribution >= 0.6 is 24.0 Å². The lowest BCUT2D eigenvalue weighted by Gasteiger charge is -2.25. The Labute approximate surface area is 146 Å². The maximum Gasteiger partial charge on any atom is 0.193 e. The third-order valence-electron chi connectivity index (χ3n) is 3.55. The number of nitrogens with zero attached hydrogens (tertiary/aromatic N) is 2. The van der Waals surface area contributed by atoms with Gasteiger partial charge in [-0.1, -0.05) is 13.8 Å². The van der Waals surface area contributed by atoms with E-state index in [1.807, 2.05) is 0 Å². The molecule has 1 saturated heterocycles. The van der Waals surface area contributed by atoms with Gasteiger partial charge in [-0.25, -0.2) is 8.42 Å². The van der Waals surface area contributed by atoms with Gasteiger partial charge in [-0.2, -0.15) is 0 Å². The first-order valence-electron chi connectivity index (χ1n) is 7.44. The Kier molecular flexibility index (Phi) is 9.15. The standard InChI is InChI=1S/C14H29N3O2S.HI/c1-5-15-13(17-9-6-7-10-17)16-12-14(2,3)8-11-20(4,18)19;/h5-12H2,1-4H3,(H,15,16);1H. The van der Waals surface area contributed by atoms with Gasteiger partial charge in [0.1, 0.15) is 9.84 Å². The fourth-order valence-electron chi connectivity index (χ4n) is 2.18. The summed E-state index contributed by atoms with van der Waals surface area (Å²) in [5.74, 6) is 1.20. The first kappa shape index (κ1) is 20.9. The Hall–Kier alpha value is -0.0500. The van der Waals surface area contributed by atoms with Gasteiger partial charge in [-0.3, -0.25) is 4.99 Å². The normalized spacial score (nSPS) is 16.8. The highest BCUT2D eigenvalue weighted by Gasteiger charge is 2.21. The lowest BCUT2D eigenvalue weighted by Crippen LogP contribution is -2.40. The van der Waals surface area contributed by atoms with Crippen LogP contribution in [0.5, 0.6) is 0 Å². The van der Waals surface area contributed by atoms with Gasteiger partial charge < -0.3 is 10.2 Å². The van der Waals surface area contributed by atoms with Crippen LogP contribution in [0.3, 0.4) is 0 Å². The molecule has 0 radical (unpaired) electrons. The molecule has 1 N–H and O–H groups in total. The molecule has 0 amide bonds. The summed E-state index contributed by atoms with van der Waals surface area (Å²) in [6.45, 7) is 9.87. The average molecular weight is 431 g/mol. The number of halogens is 1. The number of hydrogen-bond donors (Lipinski definition) is 1. The largest absolute Gasteiger partial charge is 0.357 e. The Morgan fingerprint density at radius 3 is 2.33 bits per heavy atom. The second-order valence-corrected chi connectivity index (χ2v) is 8.67. The number of likely N-dealkylation sites (tertiary alicyclic amines) is 1. The monoisotopic (exact) mass is 431 g/mol. The van der Waals surface area contributed by atoms with E-state index in [0.29, 0.717) is 13.0 Å². The summed E-state index contributed by atoms with van der Waals surface area (Å²) < 4.78 is 22.5. The molecule has 0 aromatic rings. The van der Waals surface area contributed by atoms with Crippen molar-refractivity contribution in [3.8, 4) is 0 Å². The van der Waals surface area contributed by atoms with Gasteiger partial charge >= 0.3 is 0 Å². The van der Waals surface area contributed by atoms with Crippen LogP contribution in [0.1, 0.15) is 40.0 Å². The van der Waals surface area contributed by atoms with Gasteiger partial charge in [0.05, 0.1) is 5.75 Å². The van der Waals surface area contributed by atoms with Gasteiger partial charge in [0.15, 0.2) is 5.96 Å². The number of rotatable bonds is 6. The number of nitrogens with one attached hydrogen (secondary N) is 1. The first-order chi connectivity index (χ1) is 9.23. The molecule has 0 bridgehead atoms. The van der Waals surface area contributed by atoms with E-state index in [1.165, 1.54) is 19.1 Å². The fourth-order valence-corrected chi connectivity index (χ4v) is 3.11. The lowest BCUT2D eigenvalue weighted by molar-refractivity contribution is 0.361. The predicted molar refractivity (Wildman–Crippen MR) is 100 cm³/mol. The van der Waals surface area contributed by atoms with E-state index in [9.17, 15) is 8.42 Å². The quantitative estimate of drug-likeness (QED) is 0.398. The zero-order chi connectivity index (χ0) is 15.2. The molecule has 7 heteroatoms. The minimum absolute atomic E-state index is 0. The molecule has 0 aromatic carbocycles. The molecule has 1 rings (SSSR count). The highest BCUT2D eigenvalue weighted by Crippen LogP contribution is 2.22. The zero-order valence-corrected chi connectivity index (χ0v) is 16.8. The summed E-state index contributed by atoms with van der Waals surface area (Å²) in [5.41, 5.74) is -0.0938. The van der Waals surface area contributed by atoms with Crippen LogP contribution in [0, 0.1) is 5.41 Å². The summed E-state index contributed by atoms with van der Waals surface area (Å²) >= 11 is 0. The summed E-state index contributed by atoms with van der Waals surface area (Å²) in [6, 6.07) is 0. The summed E-state index contributed by atoms with van der Waals surface area (Å²) in [7, 11) is -2.90. The molecule has 0 aliphatic carbocycles. The second kappa shape index (κ2) is 9.17. The molecule has 1 heterocycles. The van der Waals surface area contributed by atoms with Crippen molar-refractivity contribution in [2.75, 3.05) is 38.2 Å². The minimum Gasteiger partial charge on any atom is -0.357 e. The zero-order valence-electron chi connectivity index (χ0n) is 13.7. The predicted octanol–water partition coefficient (Wildman–Crippen LogP) is 2.13. The molecular formula is C14H30IN3O2S. The summed E-state index contributed by atoms with van der Waals surface area (Å²) in [6.07, 6.45) is 4.39. The maximum absolute atomic E-state index is 11.3. The lowest BCUT2D eigenvalue weighted by atomic mass is 9.90. The molecular weight excluding hydrogens is 401 g/mol. The Morgan fingerprint density at radius 1 is 1.29 bits per heavy atom. The van der Waals surface area contributed by atoms with Crippen LogP contribution < -0.4 is 5.32 Å². The van der Waals surface area contributed by atoms with Crippen molar-refractivity contribution in [1.29, 1.82) is 0 Å². The number of hydrogen-bond acceptors (Lipinski definition) is 3. The summed E-state index contributed by atoms with van der Waals surface area (Å²) in [5, 5.41) is 3.33. The average Bonchev–Trinajstić information content (AvgIpc) is 2.85. The van der Waals surface area contributed by atoms with E-state index in [-0.39, 0.29) is 35.1 Å². The first-order valence-corrected chi connectivity index (χ1v) is 9.50. The van der Waals surface area contributed by atoms with Crippen LogP contribution in [0.2, 0.25) is 0 Å². The molecule has 1 fully saturated rings.